The van der Waals surface area contributed by atoms with Gasteiger partial charge in [0.05, 0.1) is 0 Å². The van der Waals surface area contributed by atoms with Gasteiger partial charge in [-0.25, -0.2) is 8.78 Å². The molecule has 0 heterocycles. The Balaban J connectivity index is 2.24. The quantitative estimate of drug-likeness (QED) is 0.762. The number of halogens is 2. The Hall–Kier alpha value is -1.49. The first-order chi connectivity index (χ1) is 8.50. The van der Waals surface area contributed by atoms with E-state index in [-0.39, 0.29) is 11.8 Å². The van der Waals surface area contributed by atoms with E-state index in [4.69, 9.17) is 0 Å². The van der Waals surface area contributed by atoms with E-state index < -0.39 is 11.6 Å². The summed E-state index contributed by atoms with van der Waals surface area (Å²) >= 11 is 0. The first-order valence-corrected chi connectivity index (χ1v) is 5.93. The molecule has 1 aromatic carbocycles. The highest BCUT2D eigenvalue weighted by Crippen LogP contribution is 2.08. The van der Waals surface area contributed by atoms with Gasteiger partial charge in [0.25, 0.3) is 0 Å². The van der Waals surface area contributed by atoms with Crippen LogP contribution in [0.25, 0.3) is 0 Å². The van der Waals surface area contributed by atoms with Crippen LogP contribution >= 0.6 is 0 Å². The third-order valence-electron chi connectivity index (χ3n) is 2.46. The van der Waals surface area contributed by atoms with Crippen molar-refractivity contribution in [1.82, 2.24) is 10.6 Å². The largest absolute Gasteiger partial charge is 0.355 e. The minimum atomic E-state index is -0.583. The molecule has 1 aromatic rings. The number of nitrogens with one attached hydrogen (secondary N) is 2. The first-order valence-electron chi connectivity index (χ1n) is 5.93. The van der Waals surface area contributed by atoms with E-state index in [1.807, 2.05) is 13.8 Å². The van der Waals surface area contributed by atoms with E-state index in [1.54, 1.807) is 0 Å². The summed E-state index contributed by atoms with van der Waals surface area (Å²) in [6, 6.07) is 3.49. The van der Waals surface area contributed by atoms with Crippen LogP contribution in [0.4, 0.5) is 8.78 Å². The molecule has 0 aliphatic rings. The van der Waals surface area contributed by atoms with Gasteiger partial charge in [-0.05, 0) is 6.07 Å². The average Bonchev–Trinajstić information content (AvgIpc) is 2.30. The molecule has 0 spiro atoms. The van der Waals surface area contributed by atoms with Crippen LogP contribution in [0.15, 0.2) is 18.2 Å². The number of hydrogen-bond acceptors (Lipinski definition) is 2. The Morgan fingerprint density at radius 2 is 2.00 bits per heavy atom. The first kappa shape index (κ1) is 14.6. The summed E-state index contributed by atoms with van der Waals surface area (Å²) in [5.74, 6) is -1.20. The van der Waals surface area contributed by atoms with Crippen LogP contribution < -0.4 is 10.6 Å². The highest BCUT2D eigenvalue weighted by molar-refractivity contribution is 5.77. The molecule has 0 saturated carbocycles. The highest BCUT2D eigenvalue weighted by atomic mass is 19.1. The monoisotopic (exact) mass is 256 g/mol. The fourth-order valence-corrected chi connectivity index (χ4v) is 1.37. The third-order valence-corrected chi connectivity index (χ3v) is 2.46. The lowest BCUT2D eigenvalue weighted by molar-refractivity contribution is -0.123. The topological polar surface area (TPSA) is 41.1 Å². The average molecular weight is 256 g/mol. The number of benzene rings is 1. The lowest BCUT2D eigenvalue weighted by Crippen LogP contribution is -2.34. The Labute approximate surface area is 106 Å². The summed E-state index contributed by atoms with van der Waals surface area (Å²) in [6.45, 7) is 4.96. The number of hydrogen-bond donors (Lipinski definition) is 2. The summed E-state index contributed by atoms with van der Waals surface area (Å²) in [5.41, 5.74) is 0.409. The Morgan fingerprint density at radius 3 is 2.61 bits per heavy atom. The summed E-state index contributed by atoms with van der Waals surface area (Å²) < 4.78 is 25.9. The Morgan fingerprint density at radius 1 is 1.28 bits per heavy atom. The van der Waals surface area contributed by atoms with E-state index in [2.05, 4.69) is 10.6 Å². The lowest BCUT2D eigenvalue weighted by Gasteiger charge is -2.09. The van der Waals surface area contributed by atoms with Gasteiger partial charge in [-0.1, -0.05) is 19.9 Å². The molecule has 0 bridgehead atoms. The summed E-state index contributed by atoms with van der Waals surface area (Å²) in [7, 11) is 0. The fraction of sp³-hybridized carbons (Fsp3) is 0.462. The van der Waals surface area contributed by atoms with E-state index >= 15 is 0 Å². The van der Waals surface area contributed by atoms with Crippen molar-refractivity contribution in [2.24, 2.45) is 5.92 Å². The Bertz CT molecular complexity index is 408. The normalized spacial score (nSPS) is 10.7. The van der Waals surface area contributed by atoms with E-state index in [0.29, 0.717) is 25.2 Å². The van der Waals surface area contributed by atoms with Gasteiger partial charge in [-0.2, -0.15) is 0 Å². The number of rotatable bonds is 6. The van der Waals surface area contributed by atoms with E-state index in [1.165, 1.54) is 12.1 Å². The second-order valence-corrected chi connectivity index (χ2v) is 4.36. The molecule has 0 atom stereocenters. The third kappa shape index (κ3) is 4.79. The molecule has 0 aliphatic carbocycles. The minimum Gasteiger partial charge on any atom is -0.355 e. The molecule has 0 saturated heterocycles. The van der Waals surface area contributed by atoms with Crippen LogP contribution in [-0.2, 0) is 11.3 Å². The van der Waals surface area contributed by atoms with Crippen molar-refractivity contribution in [2.45, 2.75) is 20.4 Å². The van der Waals surface area contributed by atoms with Crippen molar-refractivity contribution in [1.29, 1.82) is 0 Å². The van der Waals surface area contributed by atoms with Crippen molar-refractivity contribution in [3.05, 3.63) is 35.4 Å². The van der Waals surface area contributed by atoms with Gasteiger partial charge in [-0.3, -0.25) is 4.79 Å². The van der Waals surface area contributed by atoms with Crippen molar-refractivity contribution in [2.75, 3.05) is 13.1 Å². The van der Waals surface area contributed by atoms with Gasteiger partial charge in [0.15, 0.2) is 0 Å². The molecule has 0 aliphatic heterocycles. The molecule has 0 unspecified atom stereocenters. The van der Waals surface area contributed by atoms with Gasteiger partial charge >= 0.3 is 0 Å². The van der Waals surface area contributed by atoms with Crippen LogP contribution in [-0.4, -0.2) is 19.0 Å². The molecule has 18 heavy (non-hydrogen) atoms. The molecule has 0 fully saturated rings. The minimum absolute atomic E-state index is 0.00948. The second-order valence-electron chi connectivity index (χ2n) is 4.36. The number of amides is 1. The van der Waals surface area contributed by atoms with Gasteiger partial charge in [0.1, 0.15) is 11.6 Å². The maximum absolute atomic E-state index is 13.2. The molecular formula is C13H18F2N2O. The Kier molecular flexibility index (Phi) is 5.71. The molecular weight excluding hydrogens is 238 g/mol. The highest BCUT2D eigenvalue weighted by Gasteiger charge is 2.05. The molecule has 5 heteroatoms. The zero-order valence-electron chi connectivity index (χ0n) is 10.6. The molecule has 0 aromatic heterocycles. The maximum Gasteiger partial charge on any atom is 0.222 e. The molecule has 100 valence electrons. The van der Waals surface area contributed by atoms with E-state index in [0.717, 1.165) is 6.07 Å². The van der Waals surface area contributed by atoms with Crippen LogP contribution in [0, 0.1) is 17.6 Å². The van der Waals surface area contributed by atoms with Gasteiger partial charge in [0, 0.05) is 37.2 Å². The van der Waals surface area contributed by atoms with Crippen molar-refractivity contribution < 1.29 is 13.6 Å². The zero-order chi connectivity index (χ0) is 13.5. The molecule has 3 nitrogen and oxygen atoms in total. The van der Waals surface area contributed by atoms with Gasteiger partial charge in [-0.15, -0.1) is 0 Å². The molecule has 0 radical (unpaired) electrons. The number of carbonyl (C=O) groups is 1. The SMILES string of the molecule is CC(C)C(=O)NCCNCc1ccc(F)cc1F. The van der Waals surface area contributed by atoms with Crippen LogP contribution in [0.1, 0.15) is 19.4 Å². The zero-order valence-corrected chi connectivity index (χ0v) is 10.6. The predicted molar refractivity (Wildman–Crippen MR) is 65.9 cm³/mol. The van der Waals surface area contributed by atoms with E-state index in [9.17, 15) is 13.6 Å². The molecule has 2 N–H and O–H groups in total. The van der Waals surface area contributed by atoms with Crippen LogP contribution in [0.2, 0.25) is 0 Å². The van der Waals surface area contributed by atoms with Crippen LogP contribution in [0.3, 0.4) is 0 Å². The molecule has 1 rings (SSSR count). The standard InChI is InChI=1S/C13H18F2N2O/c1-9(2)13(18)17-6-5-16-8-10-3-4-11(14)7-12(10)15/h3-4,7,9,16H,5-6,8H2,1-2H3,(H,17,18). The fourth-order valence-electron chi connectivity index (χ4n) is 1.37. The van der Waals surface area contributed by atoms with Gasteiger partial charge < -0.3 is 10.6 Å². The van der Waals surface area contributed by atoms with Crippen LogP contribution in [0.5, 0.6) is 0 Å². The second kappa shape index (κ2) is 7.06. The number of carbonyl (C=O) groups excluding carboxylic acids is 1. The van der Waals surface area contributed by atoms with Crippen molar-refractivity contribution >= 4 is 5.91 Å². The smallest absolute Gasteiger partial charge is 0.222 e. The van der Waals surface area contributed by atoms with Crippen molar-refractivity contribution in [3.63, 3.8) is 0 Å². The van der Waals surface area contributed by atoms with Gasteiger partial charge in [0.2, 0.25) is 5.91 Å². The maximum atomic E-state index is 13.2. The van der Waals surface area contributed by atoms with Crippen molar-refractivity contribution in [3.8, 4) is 0 Å². The summed E-state index contributed by atoms with van der Waals surface area (Å²) in [4.78, 5) is 11.2. The molecule has 1 amide bonds. The summed E-state index contributed by atoms with van der Waals surface area (Å²) in [5, 5.41) is 5.72. The summed E-state index contributed by atoms with van der Waals surface area (Å²) in [6.07, 6.45) is 0. The predicted octanol–water partition coefficient (Wildman–Crippen LogP) is 1.83. The lowest BCUT2D eigenvalue weighted by atomic mass is 10.2.